The fraction of sp³-hybridized carbons (Fsp3) is 0.261. The standard InChI is InChI=1S/C23H21ClN2O7/c1-2-32-20(28)4-3-11-25-19(27)13-33-23(31)14-5-10-17-18(12-14)22(30)26(21(17)29)16-8-6-15(24)7-9-16/h5-10,12H,2-4,11,13H2,1H3,(H,25,27). The zero-order valence-corrected chi connectivity index (χ0v) is 18.5. The van der Waals surface area contributed by atoms with E-state index in [1.807, 2.05) is 0 Å². The molecule has 2 aromatic carbocycles. The average Bonchev–Trinajstić information content (AvgIpc) is 3.05. The van der Waals surface area contributed by atoms with Crippen LogP contribution in [0.5, 0.6) is 0 Å². The first-order valence-corrected chi connectivity index (χ1v) is 10.6. The maximum absolute atomic E-state index is 12.8. The molecule has 1 aliphatic rings. The molecule has 0 aliphatic carbocycles. The number of nitrogens with one attached hydrogen (secondary N) is 1. The van der Waals surface area contributed by atoms with Crippen molar-refractivity contribution in [2.45, 2.75) is 19.8 Å². The van der Waals surface area contributed by atoms with Crippen molar-refractivity contribution in [1.82, 2.24) is 5.32 Å². The number of carbonyl (C=O) groups excluding carboxylic acids is 5. The summed E-state index contributed by atoms with van der Waals surface area (Å²) in [5, 5.41) is 2.99. The van der Waals surface area contributed by atoms with E-state index in [0.717, 1.165) is 4.90 Å². The second kappa shape index (κ2) is 10.7. The van der Waals surface area contributed by atoms with Crippen LogP contribution >= 0.6 is 11.6 Å². The Morgan fingerprint density at radius 3 is 2.36 bits per heavy atom. The van der Waals surface area contributed by atoms with Crippen LogP contribution in [0.3, 0.4) is 0 Å². The van der Waals surface area contributed by atoms with Gasteiger partial charge in [0.05, 0.1) is 29.0 Å². The fourth-order valence-electron chi connectivity index (χ4n) is 3.15. The van der Waals surface area contributed by atoms with Gasteiger partial charge in [0.25, 0.3) is 17.7 Å². The van der Waals surface area contributed by atoms with E-state index in [0.29, 0.717) is 23.7 Å². The highest BCUT2D eigenvalue weighted by Crippen LogP contribution is 2.30. The van der Waals surface area contributed by atoms with Crippen LogP contribution < -0.4 is 10.2 Å². The number of benzene rings is 2. The molecule has 3 amide bonds. The predicted molar refractivity (Wildman–Crippen MR) is 118 cm³/mol. The van der Waals surface area contributed by atoms with E-state index in [9.17, 15) is 24.0 Å². The molecule has 0 atom stereocenters. The summed E-state index contributed by atoms with van der Waals surface area (Å²) < 4.78 is 9.77. The molecule has 0 spiro atoms. The van der Waals surface area contributed by atoms with Crippen molar-refractivity contribution in [3.05, 3.63) is 64.2 Å². The van der Waals surface area contributed by atoms with Gasteiger partial charge in [-0.3, -0.25) is 19.2 Å². The van der Waals surface area contributed by atoms with Crippen molar-refractivity contribution in [2.75, 3.05) is 24.7 Å². The highest BCUT2D eigenvalue weighted by Gasteiger charge is 2.37. The van der Waals surface area contributed by atoms with Crippen LogP contribution in [0.1, 0.15) is 50.8 Å². The van der Waals surface area contributed by atoms with Crippen LogP contribution in [0.2, 0.25) is 5.02 Å². The SMILES string of the molecule is CCOC(=O)CCCNC(=O)COC(=O)c1ccc2c(c1)C(=O)N(c1ccc(Cl)cc1)C2=O. The molecule has 1 heterocycles. The molecule has 3 rings (SSSR count). The number of hydrogen-bond acceptors (Lipinski definition) is 7. The van der Waals surface area contributed by atoms with Crippen molar-refractivity contribution >= 4 is 46.9 Å². The summed E-state index contributed by atoms with van der Waals surface area (Å²) in [6, 6.07) is 10.2. The number of hydrogen-bond donors (Lipinski definition) is 1. The largest absolute Gasteiger partial charge is 0.466 e. The Bertz CT molecular complexity index is 1100. The molecule has 0 radical (unpaired) electrons. The minimum Gasteiger partial charge on any atom is -0.466 e. The number of rotatable bonds is 9. The average molecular weight is 473 g/mol. The number of amides is 3. The number of carbonyl (C=O) groups is 5. The van der Waals surface area contributed by atoms with Gasteiger partial charge >= 0.3 is 11.9 Å². The zero-order valence-electron chi connectivity index (χ0n) is 17.8. The summed E-state index contributed by atoms with van der Waals surface area (Å²) >= 11 is 5.86. The van der Waals surface area contributed by atoms with Gasteiger partial charge in [0.15, 0.2) is 6.61 Å². The fourth-order valence-corrected chi connectivity index (χ4v) is 3.28. The van der Waals surface area contributed by atoms with E-state index >= 15 is 0 Å². The second-order valence-electron chi connectivity index (χ2n) is 7.02. The molecule has 10 heteroatoms. The van der Waals surface area contributed by atoms with E-state index in [1.165, 1.54) is 18.2 Å². The van der Waals surface area contributed by atoms with Crippen LogP contribution in [0.15, 0.2) is 42.5 Å². The summed E-state index contributed by atoms with van der Waals surface area (Å²) in [6.07, 6.45) is 0.562. The topological polar surface area (TPSA) is 119 Å². The third-order valence-electron chi connectivity index (χ3n) is 4.73. The molecule has 0 saturated heterocycles. The van der Waals surface area contributed by atoms with E-state index in [1.54, 1.807) is 31.2 Å². The van der Waals surface area contributed by atoms with E-state index < -0.39 is 30.3 Å². The summed E-state index contributed by atoms with van der Waals surface area (Å²) in [5.41, 5.74) is 0.607. The van der Waals surface area contributed by atoms with E-state index in [-0.39, 0.29) is 35.6 Å². The molecule has 9 nitrogen and oxygen atoms in total. The number of ether oxygens (including phenoxy) is 2. The number of anilines is 1. The Balaban J connectivity index is 1.56. The number of nitrogens with zero attached hydrogens (tertiary/aromatic N) is 1. The maximum Gasteiger partial charge on any atom is 0.338 e. The number of fused-ring (bicyclic) bond motifs is 1. The second-order valence-corrected chi connectivity index (χ2v) is 7.45. The van der Waals surface area contributed by atoms with E-state index in [4.69, 9.17) is 21.1 Å². The lowest BCUT2D eigenvalue weighted by Crippen LogP contribution is -2.30. The van der Waals surface area contributed by atoms with Crippen molar-refractivity contribution in [2.24, 2.45) is 0 Å². The normalized spacial score (nSPS) is 12.4. The molecule has 0 bridgehead atoms. The summed E-state index contributed by atoms with van der Waals surface area (Å²) in [6.45, 7) is 1.70. The molecule has 0 unspecified atom stereocenters. The molecule has 0 fully saturated rings. The van der Waals surface area contributed by atoms with Crippen LogP contribution in [0, 0.1) is 0 Å². The number of imide groups is 1. The molecule has 172 valence electrons. The van der Waals surface area contributed by atoms with Gasteiger partial charge in [-0.05, 0) is 55.8 Å². The Hall–Kier alpha value is -3.72. The van der Waals surface area contributed by atoms with Gasteiger partial charge in [0.2, 0.25) is 0 Å². The van der Waals surface area contributed by atoms with Crippen molar-refractivity contribution in [3.8, 4) is 0 Å². The molecule has 0 saturated carbocycles. The maximum atomic E-state index is 12.8. The Labute approximate surface area is 194 Å². The van der Waals surface area contributed by atoms with Gasteiger partial charge < -0.3 is 14.8 Å². The monoisotopic (exact) mass is 472 g/mol. The van der Waals surface area contributed by atoms with E-state index in [2.05, 4.69) is 5.32 Å². The van der Waals surface area contributed by atoms with Gasteiger partial charge in [-0.2, -0.15) is 0 Å². The first-order chi connectivity index (χ1) is 15.8. The Kier molecular flexibility index (Phi) is 7.78. The minimum absolute atomic E-state index is 0.0305. The highest BCUT2D eigenvalue weighted by molar-refractivity contribution is 6.35. The minimum atomic E-state index is -0.815. The third kappa shape index (κ3) is 5.75. The number of esters is 2. The third-order valence-corrected chi connectivity index (χ3v) is 4.98. The lowest BCUT2D eigenvalue weighted by molar-refractivity contribution is -0.143. The highest BCUT2D eigenvalue weighted by atomic mass is 35.5. The van der Waals surface area contributed by atoms with Gasteiger partial charge in [0.1, 0.15) is 0 Å². The van der Waals surface area contributed by atoms with Gasteiger partial charge in [0, 0.05) is 18.0 Å². The number of halogens is 1. The predicted octanol–water partition coefficient (Wildman–Crippen LogP) is 2.76. The van der Waals surface area contributed by atoms with Gasteiger partial charge in [-0.1, -0.05) is 11.6 Å². The summed E-state index contributed by atoms with van der Waals surface area (Å²) in [7, 11) is 0. The Morgan fingerprint density at radius 2 is 1.67 bits per heavy atom. The molecule has 33 heavy (non-hydrogen) atoms. The molecule has 0 aromatic heterocycles. The molecule has 1 N–H and O–H groups in total. The Morgan fingerprint density at radius 1 is 0.970 bits per heavy atom. The quantitative estimate of drug-likeness (QED) is 0.338. The first kappa shape index (κ1) is 23.9. The molecule has 1 aliphatic heterocycles. The van der Waals surface area contributed by atoms with Crippen molar-refractivity contribution < 1.29 is 33.4 Å². The smallest absolute Gasteiger partial charge is 0.338 e. The van der Waals surface area contributed by atoms with Crippen molar-refractivity contribution in [1.29, 1.82) is 0 Å². The van der Waals surface area contributed by atoms with Crippen molar-refractivity contribution in [3.63, 3.8) is 0 Å². The zero-order chi connectivity index (χ0) is 24.0. The summed E-state index contributed by atoms with van der Waals surface area (Å²) in [4.78, 5) is 61.9. The lowest BCUT2D eigenvalue weighted by Gasteiger charge is -2.13. The van der Waals surface area contributed by atoms with Crippen LogP contribution in [-0.4, -0.2) is 49.4 Å². The van der Waals surface area contributed by atoms with Gasteiger partial charge in [-0.25, -0.2) is 9.69 Å². The molecular formula is C23H21ClN2O7. The summed E-state index contributed by atoms with van der Waals surface area (Å²) in [5.74, 6) is -2.79. The van der Waals surface area contributed by atoms with Crippen LogP contribution in [0.25, 0.3) is 0 Å². The first-order valence-electron chi connectivity index (χ1n) is 10.2. The van der Waals surface area contributed by atoms with Crippen LogP contribution in [0.4, 0.5) is 5.69 Å². The molecular weight excluding hydrogens is 452 g/mol. The van der Waals surface area contributed by atoms with Crippen LogP contribution in [-0.2, 0) is 19.1 Å². The molecule has 2 aromatic rings. The lowest BCUT2D eigenvalue weighted by atomic mass is 10.1. The van der Waals surface area contributed by atoms with Gasteiger partial charge in [-0.15, -0.1) is 0 Å².